The van der Waals surface area contributed by atoms with Crippen molar-refractivity contribution in [3.63, 3.8) is 0 Å². The Balaban J connectivity index is 1.84. The molecule has 3 aromatic rings. The maximum absolute atomic E-state index is 4.57. The number of benzene rings is 1. The lowest BCUT2D eigenvalue weighted by molar-refractivity contribution is 0.879. The summed E-state index contributed by atoms with van der Waals surface area (Å²) in [6.07, 6.45) is 3.62. The van der Waals surface area contributed by atoms with Gasteiger partial charge in [-0.1, -0.05) is 23.5 Å². The van der Waals surface area contributed by atoms with E-state index in [4.69, 9.17) is 0 Å². The number of pyridine rings is 1. The minimum absolute atomic E-state index is 0.230. The summed E-state index contributed by atoms with van der Waals surface area (Å²) in [5, 5.41) is 4.39. The van der Waals surface area contributed by atoms with E-state index in [0.29, 0.717) is 0 Å². The Hall–Kier alpha value is -1.94. The predicted molar refractivity (Wildman–Crippen MR) is 75.9 cm³/mol. The van der Waals surface area contributed by atoms with Gasteiger partial charge in [-0.15, -0.1) is 0 Å². The van der Waals surface area contributed by atoms with Crippen LogP contribution in [0.2, 0.25) is 0 Å². The minimum Gasteiger partial charge on any atom is -0.355 e. The van der Waals surface area contributed by atoms with Gasteiger partial charge in [-0.05, 0) is 36.8 Å². The summed E-state index contributed by atoms with van der Waals surface area (Å²) >= 11 is 1.68. The fourth-order valence-corrected chi connectivity index (χ4v) is 2.81. The van der Waals surface area contributed by atoms with Gasteiger partial charge in [0, 0.05) is 12.4 Å². The molecule has 0 bridgehead atoms. The lowest BCUT2D eigenvalue weighted by Crippen LogP contribution is -2.05. The van der Waals surface area contributed by atoms with Crippen molar-refractivity contribution in [2.24, 2.45) is 0 Å². The molecule has 1 aromatic carbocycles. The van der Waals surface area contributed by atoms with E-state index in [1.54, 1.807) is 11.3 Å². The Morgan fingerprint density at radius 3 is 2.67 bits per heavy atom. The number of thiazole rings is 1. The normalized spacial score (nSPS) is 12.5. The number of hydrogen-bond acceptors (Lipinski definition) is 4. The van der Waals surface area contributed by atoms with Crippen LogP contribution in [0.3, 0.4) is 0 Å². The van der Waals surface area contributed by atoms with Crippen molar-refractivity contribution >= 4 is 26.7 Å². The molecule has 90 valence electrons. The SMILES string of the molecule is CC(Nc1nc2ccccc2s1)c1ccncc1. The molecule has 0 saturated heterocycles. The van der Waals surface area contributed by atoms with Gasteiger partial charge in [-0.25, -0.2) is 4.98 Å². The molecule has 3 nitrogen and oxygen atoms in total. The Morgan fingerprint density at radius 1 is 1.11 bits per heavy atom. The molecular weight excluding hydrogens is 242 g/mol. The Morgan fingerprint density at radius 2 is 1.89 bits per heavy atom. The highest BCUT2D eigenvalue weighted by atomic mass is 32.1. The molecule has 3 rings (SSSR count). The lowest BCUT2D eigenvalue weighted by Gasteiger charge is -2.12. The molecule has 18 heavy (non-hydrogen) atoms. The third kappa shape index (κ3) is 2.19. The van der Waals surface area contributed by atoms with Crippen molar-refractivity contribution in [2.45, 2.75) is 13.0 Å². The molecule has 0 saturated carbocycles. The highest BCUT2D eigenvalue weighted by Crippen LogP contribution is 2.28. The molecule has 2 aromatic heterocycles. The molecule has 0 aliphatic carbocycles. The molecule has 0 spiro atoms. The van der Waals surface area contributed by atoms with E-state index in [0.717, 1.165) is 10.6 Å². The largest absolute Gasteiger partial charge is 0.355 e. The van der Waals surface area contributed by atoms with Gasteiger partial charge in [0.2, 0.25) is 0 Å². The number of fused-ring (bicyclic) bond motifs is 1. The van der Waals surface area contributed by atoms with Crippen molar-refractivity contribution < 1.29 is 0 Å². The van der Waals surface area contributed by atoms with Crippen LogP contribution in [0, 0.1) is 0 Å². The first-order valence-electron chi connectivity index (χ1n) is 5.85. The zero-order valence-electron chi connectivity index (χ0n) is 10.00. The van der Waals surface area contributed by atoms with E-state index in [-0.39, 0.29) is 6.04 Å². The van der Waals surface area contributed by atoms with Crippen LogP contribution in [0.25, 0.3) is 10.2 Å². The minimum atomic E-state index is 0.230. The van der Waals surface area contributed by atoms with Gasteiger partial charge in [-0.3, -0.25) is 4.98 Å². The second-order valence-corrected chi connectivity index (χ2v) is 5.16. The number of hydrogen-bond donors (Lipinski definition) is 1. The van der Waals surface area contributed by atoms with Crippen molar-refractivity contribution in [2.75, 3.05) is 5.32 Å². The monoisotopic (exact) mass is 255 g/mol. The van der Waals surface area contributed by atoms with E-state index in [2.05, 4.69) is 28.3 Å². The van der Waals surface area contributed by atoms with Crippen LogP contribution in [0.1, 0.15) is 18.5 Å². The summed E-state index contributed by atoms with van der Waals surface area (Å²) in [6, 6.07) is 12.4. The third-order valence-corrected chi connectivity index (χ3v) is 3.81. The zero-order valence-corrected chi connectivity index (χ0v) is 10.8. The van der Waals surface area contributed by atoms with Gasteiger partial charge >= 0.3 is 0 Å². The maximum atomic E-state index is 4.57. The number of nitrogens with zero attached hydrogens (tertiary/aromatic N) is 2. The molecule has 0 radical (unpaired) electrons. The first-order valence-corrected chi connectivity index (χ1v) is 6.66. The number of para-hydroxylation sites is 1. The standard InChI is InChI=1S/C14H13N3S/c1-10(11-6-8-15-9-7-11)16-14-17-12-4-2-3-5-13(12)18-14/h2-10H,1H3,(H,16,17). The van der Waals surface area contributed by atoms with E-state index >= 15 is 0 Å². The van der Waals surface area contributed by atoms with Gasteiger partial charge in [0.1, 0.15) is 0 Å². The van der Waals surface area contributed by atoms with Gasteiger partial charge in [0.05, 0.1) is 16.3 Å². The number of aromatic nitrogens is 2. The van der Waals surface area contributed by atoms with Crippen LogP contribution in [0.5, 0.6) is 0 Å². The zero-order chi connectivity index (χ0) is 12.4. The first-order chi connectivity index (χ1) is 8.83. The summed E-state index contributed by atoms with van der Waals surface area (Å²) < 4.78 is 1.21. The first kappa shape index (κ1) is 11.2. The average molecular weight is 255 g/mol. The van der Waals surface area contributed by atoms with Gasteiger partial charge in [-0.2, -0.15) is 0 Å². The molecule has 1 atom stereocenters. The molecular formula is C14H13N3S. The summed E-state index contributed by atoms with van der Waals surface area (Å²) in [4.78, 5) is 8.60. The Labute approximate surface area is 110 Å². The van der Waals surface area contributed by atoms with E-state index in [1.807, 2.05) is 42.7 Å². The van der Waals surface area contributed by atoms with Crippen LogP contribution in [-0.2, 0) is 0 Å². The molecule has 1 unspecified atom stereocenters. The Bertz CT molecular complexity index is 615. The molecule has 0 amide bonds. The summed E-state index contributed by atoms with van der Waals surface area (Å²) in [7, 11) is 0. The second kappa shape index (κ2) is 4.74. The molecule has 0 aliphatic rings. The van der Waals surface area contributed by atoms with Gasteiger partial charge in [0.15, 0.2) is 5.13 Å². The maximum Gasteiger partial charge on any atom is 0.184 e. The number of nitrogens with one attached hydrogen (secondary N) is 1. The van der Waals surface area contributed by atoms with E-state index < -0.39 is 0 Å². The molecule has 0 fully saturated rings. The highest BCUT2D eigenvalue weighted by molar-refractivity contribution is 7.22. The van der Waals surface area contributed by atoms with Crippen molar-refractivity contribution in [3.8, 4) is 0 Å². The molecule has 2 heterocycles. The van der Waals surface area contributed by atoms with E-state index in [1.165, 1.54) is 10.3 Å². The lowest BCUT2D eigenvalue weighted by atomic mass is 10.1. The van der Waals surface area contributed by atoms with Crippen molar-refractivity contribution in [3.05, 3.63) is 54.4 Å². The molecule has 4 heteroatoms. The van der Waals surface area contributed by atoms with Crippen molar-refractivity contribution in [1.29, 1.82) is 0 Å². The second-order valence-electron chi connectivity index (χ2n) is 4.13. The van der Waals surface area contributed by atoms with Crippen LogP contribution >= 0.6 is 11.3 Å². The predicted octanol–water partition coefficient (Wildman–Crippen LogP) is 3.86. The summed E-state index contributed by atoms with van der Waals surface area (Å²) in [5.41, 5.74) is 2.26. The summed E-state index contributed by atoms with van der Waals surface area (Å²) in [5.74, 6) is 0. The van der Waals surface area contributed by atoms with Crippen molar-refractivity contribution in [1.82, 2.24) is 9.97 Å². The smallest absolute Gasteiger partial charge is 0.184 e. The van der Waals surface area contributed by atoms with Crippen LogP contribution in [-0.4, -0.2) is 9.97 Å². The third-order valence-electron chi connectivity index (χ3n) is 2.84. The van der Waals surface area contributed by atoms with Gasteiger partial charge < -0.3 is 5.32 Å². The van der Waals surface area contributed by atoms with Crippen LogP contribution < -0.4 is 5.32 Å². The average Bonchev–Trinajstić information content (AvgIpc) is 2.82. The van der Waals surface area contributed by atoms with Gasteiger partial charge in [0.25, 0.3) is 0 Å². The quantitative estimate of drug-likeness (QED) is 0.772. The fraction of sp³-hybridized carbons (Fsp3) is 0.143. The Kier molecular flexibility index (Phi) is 2.94. The fourth-order valence-electron chi connectivity index (χ4n) is 1.85. The van der Waals surface area contributed by atoms with Crippen LogP contribution in [0.4, 0.5) is 5.13 Å². The number of anilines is 1. The molecule has 1 N–H and O–H groups in total. The highest BCUT2D eigenvalue weighted by Gasteiger charge is 2.08. The topological polar surface area (TPSA) is 37.8 Å². The summed E-state index contributed by atoms with van der Waals surface area (Å²) in [6.45, 7) is 2.13. The number of rotatable bonds is 3. The van der Waals surface area contributed by atoms with E-state index in [9.17, 15) is 0 Å². The molecule has 0 aliphatic heterocycles. The van der Waals surface area contributed by atoms with Crippen LogP contribution in [0.15, 0.2) is 48.8 Å².